The van der Waals surface area contributed by atoms with Crippen LogP contribution in [0.5, 0.6) is 5.75 Å². The third-order valence-electron chi connectivity index (χ3n) is 9.02. The SMILES string of the molecule is COC(=O)c1cc(BOC(C)C(C)(O)Cc2cccc3c([C@@H](C)NC[C@H]4C=C(OS(=O)(=O)C(F)(F)F)c5ccccc5O4)cccc23)ccc1C. The fourth-order valence-corrected chi connectivity index (χ4v) is 6.40. The fourth-order valence-electron chi connectivity index (χ4n) is 5.92. The molecule has 51 heavy (non-hydrogen) atoms. The van der Waals surface area contributed by atoms with Gasteiger partial charge in [0.2, 0.25) is 0 Å². The van der Waals surface area contributed by atoms with Crippen molar-refractivity contribution in [1.29, 1.82) is 0 Å². The van der Waals surface area contributed by atoms with Gasteiger partial charge in [0, 0.05) is 25.1 Å². The first-order valence-electron chi connectivity index (χ1n) is 16.2. The summed E-state index contributed by atoms with van der Waals surface area (Å²) in [4.78, 5) is 12.1. The highest BCUT2D eigenvalue weighted by Gasteiger charge is 2.49. The number of methoxy groups -OCH3 is 1. The monoisotopic (exact) mass is 725 g/mol. The molecule has 270 valence electrons. The Morgan fingerprint density at radius 2 is 1.73 bits per heavy atom. The minimum atomic E-state index is -5.89. The molecule has 14 heteroatoms. The maximum atomic E-state index is 13.1. The van der Waals surface area contributed by atoms with Crippen LogP contribution >= 0.6 is 0 Å². The number of carbonyl (C=O) groups excluding carboxylic acids is 1. The van der Waals surface area contributed by atoms with E-state index < -0.39 is 45.2 Å². The van der Waals surface area contributed by atoms with Crippen molar-refractivity contribution in [2.75, 3.05) is 13.7 Å². The second kappa shape index (κ2) is 15.1. The fraction of sp³-hybridized carbons (Fsp3) is 0.324. The summed E-state index contributed by atoms with van der Waals surface area (Å²) in [5.41, 5.74) is -2.92. The van der Waals surface area contributed by atoms with Crippen LogP contribution < -0.4 is 15.5 Å². The van der Waals surface area contributed by atoms with Crippen LogP contribution in [0.2, 0.25) is 0 Å². The van der Waals surface area contributed by atoms with Crippen molar-refractivity contribution >= 4 is 45.6 Å². The summed E-state index contributed by atoms with van der Waals surface area (Å²) in [6.45, 7) is 7.39. The number of halogens is 3. The number of fused-ring (bicyclic) bond motifs is 2. The summed E-state index contributed by atoms with van der Waals surface area (Å²) in [7, 11) is -4.38. The van der Waals surface area contributed by atoms with Crippen molar-refractivity contribution in [3.05, 3.63) is 113 Å². The lowest BCUT2D eigenvalue weighted by Gasteiger charge is -2.31. The Hall–Kier alpha value is -4.37. The molecular weight excluding hydrogens is 686 g/mol. The van der Waals surface area contributed by atoms with Crippen molar-refractivity contribution in [2.24, 2.45) is 0 Å². The molecule has 9 nitrogen and oxygen atoms in total. The van der Waals surface area contributed by atoms with Gasteiger partial charge < -0.3 is 28.7 Å². The van der Waals surface area contributed by atoms with Gasteiger partial charge in [0.15, 0.2) is 5.76 Å². The van der Waals surface area contributed by atoms with E-state index in [1.165, 1.54) is 31.4 Å². The van der Waals surface area contributed by atoms with Gasteiger partial charge in [-0.15, -0.1) is 0 Å². The van der Waals surface area contributed by atoms with Gasteiger partial charge in [0.1, 0.15) is 11.9 Å². The lowest BCUT2D eigenvalue weighted by molar-refractivity contribution is -0.0510. The average Bonchev–Trinajstić information content (AvgIpc) is 3.08. The van der Waals surface area contributed by atoms with E-state index in [-0.39, 0.29) is 37.8 Å². The number of aliphatic hydroxyl groups is 1. The first-order chi connectivity index (χ1) is 24.0. The number of esters is 1. The van der Waals surface area contributed by atoms with Crippen molar-refractivity contribution in [3.8, 4) is 5.75 Å². The summed E-state index contributed by atoms with van der Waals surface area (Å²) in [5, 5.41) is 16.8. The van der Waals surface area contributed by atoms with Gasteiger partial charge in [-0.1, -0.05) is 72.2 Å². The summed E-state index contributed by atoms with van der Waals surface area (Å²) in [6.07, 6.45) is 0.0826. The van der Waals surface area contributed by atoms with E-state index in [1.54, 1.807) is 26.0 Å². The molecule has 4 aromatic rings. The third kappa shape index (κ3) is 8.58. The summed E-state index contributed by atoms with van der Waals surface area (Å²) in [6, 6.07) is 22.9. The first kappa shape index (κ1) is 37.9. The first-order valence-corrected chi connectivity index (χ1v) is 17.7. The Labute approximate surface area is 295 Å². The minimum Gasteiger partial charge on any atom is -0.484 e. The maximum Gasteiger partial charge on any atom is 0.534 e. The Bertz CT molecular complexity index is 2050. The molecule has 0 bridgehead atoms. The molecule has 0 aromatic heterocycles. The molecule has 4 aromatic carbocycles. The largest absolute Gasteiger partial charge is 0.534 e. The van der Waals surface area contributed by atoms with E-state index in [4.69, 9.17) is 14.1 Å². The second-order valence-electron chi connectivity index (χ2n) is 12.8. The quantitative estimate of drug-likeness (QED) is 0.0783. The minimum absolute atomic E-state index is 0.0923. The van der Waals surface area contributed by atoms with Gasteiger partial charge in [-0.05, 0) is 67.3 Å². The molecular formula is C37H39BF3NO8S. The zero-order valence-electron chi connectivity index (χ0n) is 28.8. The van der Waals surface area contributed by atoms with Crippen molar-refractivity contribution in [3.63, 3.8) is 0 Å². The molecule has 0 amide bonds. The summed E-state index contributed by atoms with van der Waals surface area (Å²) < 4.78 is 84.5. The van der Waals surface area contributed by atoms with Crippen molar-refractivity contribution < 1.29 is 49.8 Å². The van der Waals surface area contributed by atoms with E-state index in [0.717, 1.165) is 32.9 Å². The molecule has 0 spiro atoms. The van der Waals surface area contributed by atoms with Gasteiger partial charge in [0.05, 0.1) is 29.9 Å². The highest BCUT2D eigenvalue weighted by atomic mass is 32.2. The molecule has 0 saturated carbocycles. The number of aryl methyl sites for hydroxylation is 1. The number of alkyl halides is 3. The predicted molar refractivity (Wildman–Crippen MR) is 189 cm³/mol. The summed E-state index contributed by atoms with van der Waals surface area (Å²) >= 11 is 0. The molecule has 0 fully saturated rings. The van der Waals surface area contributed by atoms with Gasteiger partial charge in [-0.25, -0.2) is 4.79 Å². The van der Waals surface area contributed by atoms with Gasteiger partial charge >= 0.3 is 29.1 Å². The maximum absolute atomic E-state index is 13.1. The zero-order chi connectivity index (χ0) is 37.1. The van der Waals surface area contributed by atoms with Crippen molar-refractivity contribution in [2.45, 2.75) is 63.5 Å². The van der Waals surface area contributed by atoms with Crippen LogP contribution in [-0.2, 0) is 30.1 Å². The molecule has 1 aliphatic rings. The van der Waals surface area contributed by atoms with E-state index in [2.05, 4.69) is 9.50 Å². The van der Waals surface area contributed by atoms with Crippen LogP contribution in [0, 0.1) is 6.92 Å². The van der Waals surface area contributed by atoms with Gasteiger partial charge in [-0.2, -0.15) is 21.6 Å². The van der Waals surface area contributed by atoms with Crippen LogP contribution in [0.4, 0.5) is 13.2 Å². The highest BCUT2D eigenvalue weighted by molar-refractivity contribution is 7.87. The molecule has 5 rings (SSSR count). The zero-order valence-corrected chi connectivity index (χ0v) is 29.6. The van der Waals surface area contributed by atoms with Crippen LogP contribution in [0.25, 0.3) is 16.5 Å². The van der Waals surface area contributed by atoms with Crippen molar-refractivity contribution in [1.82, 2.24) is 5.32 Å². The predicted octanol–water partition coefficient (Wildman–Crippen LogP) is 5.63. The number of carbonyl (C=O) groups is 1. The number of para-hydroxylation sites is 1. The lowest BCUT2D eigenvalue weighted by Crippen LogP contribution is -2.43. The number of nitrogens with one attached hydrogen (secondary N) is 1. The third-order valence-corrected chi connectivity index (χ3v) is 9.99. The second-order valence-corrected chi connectivity index (χ2v) is 14.3. The molecule has 1 heterocycles. The smallest absolute Gasteiger partial charge is 0.484 e. The molecule has 2 N–H and O–H groups in total. The Kier molecular flexibility index (Phi) is 11.2. The summed E-state index contributed by atoms with van der Waals surface area (Å²) in [5.74, 6) is -0.699. The van der Waals surface area contributed by atoms with Crippen LogP contribution in [-0.4, -0.2) is 63.9 Å². The number of hydrogen-bond donors (Lipinski definition) is 2. The molecule has 0 saturated heterocycles. The molecule has 0 aliphatic carbocycles. The van der Waals surface area contributed by atoms with E-state index in [1.807, 2.05) is 62.4 Å². The number of hydrogen-bond acceptors (Lipinski definition) is 9. The van der Waals surface area contributed by atoms with E-state index >= 15 is 0 Å². The standard InChI is InChI=1S/C37H39BF3NO8S/c1-22-16-17-26(18-32(22)35(43)47-5)38-49-24(3)36(4,44)20-25-10-8-14-30-28(12-9-13-29(25)30)23(2)42-21-27-19-34(50-51(45,46)37(39,40)41)31-11-6-7-15-33(31)48-27/h6-19,23-24,27,38,42,44H,20-21H2,1-5H3/t23-,24?,27-,36?/m1/s1. The number of ether oxygens (including phenoxy) is 2. The van der Waals surface area contributed by atoms with Gasteiger partial charge in [-0.3, -0.25) is 0 Å². The Morgan fingerprint density at radius 3 is 2.45 bits per heavy atom. The molecule has 0 radical (unpaired) electrons. The van der Waals surface area contributed by atoms with Crippen LogP contribution in [0.15, 0.2) is 84.9 Å². The Morgan fingerprint density at radius 1 is 1.02 bits per heavy atom. The van der Waals surface area contributed by atoms with Crippen LogP contribution in [0.1, 0.15) is 59.4 Å². The lowest BCUT2D eigenvalue weighted by atomic mass is 9.83. The molecule has 1 aliphatic heterocycles. The van der Waals surface area contributed by atoms with Gasteiger partial charge in [0.25, 0.3) is 0 Å². The highest BCUT2D eigenvalue weighted by Crippen LogP contribution is 2.37. The molecule has 4 atom stereocenters. The normalized spacial score (nSPS) is 17.0. The average molecular weight is 726 g/mol. The number of rotatable bonds is 13. The topological polar surface area (TPSA) is 120 Å². The Balaban J connectivity index is 1.29. The molecule has 2 unspecified atom stereocenters. The van der Waals surface area contributed by atoms with Crippen LogP contribution in [0.3, 0.4) is 0 Å². The van der Waals surface area contributed by atoms with E-state index in [9.17, 15) is 31.5 Å². The van der Waals surface area contributed by atoms with E-state index in [0.29, 0.717) is 5.56 Å². The number of benzene rings is 4.